The molecule has 9 heteroatoms. The number of hydrogen-bond acceptors (Lipinski definition) is 6. The van der Waals surface area contributed by atoms with E-state index in [1.54, 1.807) is 0 Å². The molecular weight excluding hydrogens is 366 g/mol. The minimum atomic E-state index is -0.976. The highest BCUT2D eigenvalue weighted by atomic mass is 16.5. The molecule has 0 aliphatic carbocycles. The lowest BCUT2D eigenvalue weighted by Crippen LogP contribution is -2.51. The van der Waals surface area contributed by atoms with Crippen molar-refractivity contribution in [3.05, 3.63) is 35.9 Å². The number of methoxy groups -OCH3 is 1. The molecule has 1 heterocycles. The zero-order valence-corrected chi connectivity index (χ0v) is 15.9. The fraction of sp³-hybridized carbons (Fsp3) is 0.474. The molecule has 9 nitrogen and oxygen atoms in total. The van der Waals surface area contributed by atoms with Crippen molar-refractivity contribution in [2.45, 2.75) is 38.5 Å². The molecule has 0 saturated carbocycles. The number of rotatable bonds is 8. The minimum Gasteiger partial charge on any atom is -0.467 e. The van der Waals surface area contributed by atoms with E-state index in [0.29, 0.717) is 13.0 Å². The van der Waals surface area contributed by atoms with Crippen LogP contribution in [0.2, 0.25) is 0 Å². The van der Waals surface area contributed by atoms with E-state index < -0.39 is 30.1 Å². The van der Waals surface area contributed by atoms with Gasteiger partial charge < -0.3 is 25.4 Å². The molecule has 1 unspecified atom stereocenters. The van der Waals surface area contributed by atoms with Gasteiger partial charge in [0.25, 0.3) is 0 Å². The summed E-state index contributed by atoms with van der Waals surface area (Å²) in [4.78, 5) is 47.9. The summed E-state index contributed by atoms with van der Waals surface area (Å²) in [6.45, 7) is 2.08. The summed E-state index contributed by atoms with van der Waals surface area (Å²) < 4.78 is 9.78. The molecule has 0 radical (unpaired) electrons. The fourth-order valence-electron chi connectivity index (χ4n) is 2.81. The van der Waals surface area contributed by atoms with Crippen LogP contribution in [0.3, 0.4) is 0 Å². The Balaban J connectivity index is 1.84. The highest BCUT2D eigenvalue weighted by Gasteiger charge is 2.32. The number of carbonyl (C=O) groups is 4. The monoisotopic (exact) mass is 391 g/mol. The summed E-state index contributed by atoms with van der Waals surface area (Å²) in [6, 6.07) is 7.20. The van der Waals surface area contributed by atoms with E-state index in [1.165, 1.54) is 14.0 Å². The van der Waals surface area contributed by atoms with Crippen LogP contribution in [0.25, 0.3) is 0 Å². The normalized spacial score (nSPS) is 17.8. The molecular formula is C19H25N3O6. The lowest BCUT2D eigenvalue weighted by Gasteiger charge is -2.21. The predicted molar refractivity (Wildman–Crippen MR) is 98.9 cm³/mol. The number of nitrogens with one attached hydrogen (secondary N) is 3. The molecule has 28 heavy (non-hydrogen) atoms. The molecule has 1 aliphatic rings. The van der Waals surface area contributed by atoms with Gasteiger partial charge in [0.2, 0.25) is 11.8 Å². The van der Waals surface area contributed by atoms with Crippen LogP contribution < -0.4 is 16.0 Å². The maximum atomic E-state index is 12.3. The molecule has 1 aliphatic heterocycles. The number of hydrogen-bond donors (Lipinski definition) is 3. The maximum Gasteiger partial charge on any atom is 0.408 e. The smallest absolute Gasteiger partial charge is 0.408 e. The Morgan fingerprint density at radius 3 is 2.54 bits per heavy atom. The van der Waals surface area contributed by atoms with Gasteiger partial charge in [0.05, 0.1) is 7.11 Å². The molecule has 1 fully saturated rings. The first-order valence-corrected chi connectivity index (χ1v) is 9.03. The molecule has 0 aromatic heterocycles. The van der Waals surface area contributed by atoms with Crippen molar-refractivity contribution >= 4 is 23.9 Å². The Kier molecular flexibility index (Phi) is 7.79. The van der Waals surface area contributed by atoms with E-state index in [9.17, 15) is 19.2 Å². The van der Waals surface area contributed by atoms with Gasteiger partial charge in [0, 0.05) is 12.5 Å². The van der Waals surface area contributed by atoms with Crippen LogP contribution >= 0.6 is 0 Å². The Morgan fingerprint density at radius 1 is 1.21 bits per heavy atom. The van der Waals surface area contributed by atoms with Crippen LogP contribution in [0.4, 0.5) is 4.79 Å². The first-order chi connectivity index (χ1) is 13.4. The summed E-state index contributed by atoms with van der Waals surface area (Å²) in [6.07, 6.45) is -0.0340. The zero-order chi connectivity index (χ0) is 20.5. The summed E-state index contributed by atoms with van der Waals surface area (Å²) in [5, 5.41) is 7.62. The molecule has 3 N–H and O–H groups in total. The first-order valence-electron chi connectivity index (χ1n) is 9.03. The van der Waals surface area contributed by atoms with E-state index in [-0.39, 0.29) is 24.9 Å². The Bertz CT molecular complexity index is 709. The van der Waals surface area contributed by atoms with Gasteiger partial charge in [-0.1, -0.05) is 30.3 Å². The van der Waals surface area contributed by atoms with E-state index in [4.69, 9.17) is 9.47 Å². The van der Waals surface area contributed by atoms with Crippen molar-refractivity contribution in [1.82, 2.24) is 16.0 Å². The van der Waals surface area contributed by atoms with Crippen LogP contribution in [-0.2, 0) is 30.5 Å². The molecule has 1 aromatic rings. The van der Waals surface area contributed by atoms with Gasteiger partial charge in [0.1, 0.15) is 18.7 Å². The number of amides is 3. The summed E-state index contributed by atoms with van der Waals surface area (Å²) in [5.74, 6) is -1.75. The van der Waals surface area contributed by atoms with Gasteiger partial charge in [-0.2, -0.15) is 0 Å². The fourth-order valence-corrected chi connectivity index (χ4v) is 2.81. The number of ether oxygens (including phenoxy) is 2. The number of carbonyl (C=O) groups excluding carboxylic acids is 4. The second-order valence-electron chi connectivity index (χ2n) is 6.52. The molecule has 1 saturated heterocycles. The lowest BCUT2D eigenvalue weighted by molar-refractivity contribution is -0.146. The third kappa shape index (κ3) is 6.26. The lowest BCUT2D eigenvalue weighted by atomic mass is 9.98. The van der Waals surface area contributed by atoms with Gasteiger partial charge in [-0.25, -0.2) is 9.59 Å². The Morgan fingerprint density at radius 2 is 1.93 bits per heavy atom. The van der Waals surface area contributed by atoms with Gasteiger partial charge in [-0.05, 0) is 25.3 Å². The van der Waals surface area contributed by atoms with Gasteiger partial charge in [0.15, 0.2) is 0 Å². The number of benzene rings is 1. The highest BCUT2D eigenvalue weighted by molar-refractivity contribution is 5.90. The average molecular weight is 391 g/mol. The van der Waals surface area contributed by atoms with E-state index in [2.05, 4.69) is 16.0 Å². The SMILES string of the molecule is COC(=O)[C@H](CC1CCNC1=O)NC(=O)[C@H](C)NC(=O)OCc1ccccc1. The zero-order valence-electron chi connectivity index (χ0n) is 15.9. The number of esters is 1. The van der Waals surface area contributed by atoms with Gasteiger partial charge in [-0.15, -0.1) is 0 Å². The van der Waals surface area contributed by atoms with Crippen LogP contribution in [0.15, 0.2) is 30.3 Å². The van der Waals surface area contributed by atoms with E-state index in [0.717, 1.165) is 5.56 Å². The highest BCUT2D eigenvalue weighted by Crippen LogP contribution is 2.17. The first kappa shape index (κ1) is 21.2. The van der Waals surface area contributed by atoms with Crippen molar-refractivity contribution in [2.75, 3.05) is 13.7 Å². The van der Waals surface area contributed by atoms with E-state index >= 15 is 0 Å². The van der Waals surface area contributed by atoms with Crippen LogP contribution in [0.5, 0.6) is 0 Å². The second kappa shape index (κ2) is 10.3. The molecule has 0 spiro atoms. The Labute approximate surface area is 163 Å². The van der Waals surface area contributed by atoms with Crippen LogP contribution in [0.1, 0.15) is 25.3 Å². The summed E-state index contributed by atoms with van der Waals surface area (Å²) in [5.41, 5.74) is 0.815. The van der Waals surface area contributed by atoms with Gasteiger partial charge >= 0.3 is 12.1 Å². The largest absolute Gasteiger partial charge is 0.467 e. The van der Waals surface area contributed by atoms with Crippen LogP contribution in [-0.4, -0.2) is 49.6 Å². The Hall–Kier alpha value is -3.10. The molecule has 3 amide bonds. The maximum absolute atomic E-state index is 12.3. The third-order valence-corrected chi connectivity index (χ3v) is 4.43. The van der Waals surface area contributed by atoms with Crippen LogP contribution in [0, 0.1) is 5.92 Å². The van der Waals surface area contributed by atoms with Gasteiger partial charge in [-0.3, -0.25) is 9.59 Å². The minimum absolute atomic E-state index is 0.0720. The van der Waals surface area contributed by atoms with Crippen molar-refractivity contribution in [3.8, 4) is 0 Å². The molecule has 152 valence electrons. The summed E-state index contributed by atoms with van der Waals surface area (Å²) in [7, 11) is 1.21. The van der Waals surface area contributed by atoms with Crippen molar-refractivity contribution in [2.24, 2.45) is 5.92 Å². The standard InChI is InChI=1S/C19H25N3O6/c1-12(21-19(26)28-11-13-6-4-3-5-7-13)16(23)22-15(18(25)27-2)10-14-8-9-20-17(14)24/h3-7,12,14-15H,8-11H2,1-2H3,(H,20,24)(H,21,26)(H,22,23)/t12-,14?,15-/m0/s1. The number of alkyl carbamates (subject to hydrolysis) is 1. The summed E-state index contributed by atoms with van der Waals surface area (Å²) >= 11 is 0. The third-order valence-electron chi connectivity index (χ3n) is 4.43. The average Bonchev–Trinajstić information content (AvgIpc) is 3.10. The molecule has 3 atom stereocenters. The molecule has 2 rings (SSSR count). The van der Waals surface area contributed by atoms with Crippen molar-refractivity contribution in [3.63, 3.8) is 0 Å². The predicted octanol–water partition coefficient (Wildman–Crippen LogP) is 0.485. The van der Waals surface area contributed by atoms with Crippen molar-refractivity contribution in [1.29, 1.82) is 0 Å². The van der Waals surface area contributed by atoms with E-state index in [1.807, 2.05) is 30.3 Å². The molecule has 1 aromatic carbocycles. The quantitative estimate of drug-likeness (QED) is 0.554. The second-order valence-corrected chi connectivity index (χ2v) is 6.52. The van der Waals surface area contributed by atoms with Crippen molar-refractivity contribution < 1.29 is 28.7 Å². The topological polar surface area (TPSA) is 123 Å². The molecule has 0 bridgehead atoms.